The standard InChI is InChI=1S/C6H8N2O/c1-7-6-4-2-3-5-8(6)9/h2-5,7H,1H3. The van der Waals surface area contributed by atoms with Crippen molar-refractivity contribution in [1.82, 2.24) is 0 Å². The number of hydrogen-bond donors (Lipinski definition) is 1. The van der Waals surface area contributed by atoms with E-state index in [4.69, 9.17) is 0 Å². The van der Waals surface area contributed by atoms with Gasteiger partial charge in [0.25, 0.3) is 5.82 Å². The number of anilines is 1. The maximum Gasteiger partial charge on any atom is 0.277 e. The lowest BCUT2D eigenvalue weighted by Crippen LogP contribution is -2.28. The van der Waals surface area contributed by atoms with Crippen LogP contribution in [0.1, 0.15) is 0 Å². The van der Waals surface area contributed by atoms with Crippen LogP contribution in [-0.4, -0.2) is 7.05 Å². The van der Waals surface area contributed by atoms with Gasteiger partial charge in [-0.15, -0.1) is 0 Å². The third-order valence-electron chi connectivity index (χ3n) is 1.08. The molecule has 0 saturated carbocycles. The van der Waals surface area contributed by atoms with Gasteiger partial charge in [-0.1, -0.05) is 6.07 Å². The Balaban J connectivity index is 3.01. The first-order valence-electron chi connectivity index (χ1n) is 2.70. The Bertz CT molecular complexity index is 200. The van der Waals surface area contributed by atoms with Crippen molar-refractivity contribution in [3.8, 4) is 0 Å². The first kappa shape index (κ1) is 5.88. The Hall–Kier alpha value is -1.25. The minimum Gasteiger partial charge on any atom is -0.711 e. The van der Waals surface area contributed by atoms with Crippen LogP contribution in [0.2, 0.25) is 0 Å². The molecule has 0 aliphatic rings. The van der Waals surface area contributed by atoms with Crippen LogP contribution < -0.4 is 10.0 Å². The summed E-state index contributed by atoms with van der Waals surface area (Å²) in [6.07, 6.45) is 1.45. The molecule has 0 fully saturated rings. The van der Waals surface area contributed by atoms with Gasteiger partial charge in [-0.3, -0.25) is 5.32 Å². The molecule has 3 nitrogen and oxygen atoms in total. The second-order valence-corrected chi connectivity index (χ2v) is 1.66. The third-order valence-corrected chi connectivity index (χ3v) is 1.08. The van der Waals surface area contributed by atoms with Crippen LogP contribution in [-0.2, 0) is 0 Å². The molecule has 0 saturated heterocycles. The molecule has 3 heteroatoms. The minimum absolute atomic E-state index is 0.567. The predicted octanol–water partition coefficient (Wildman–Crippen LogP) is 0.362. The highest BCUT2D eigenvalue weighted by Crippen LogP contribution is 1.93. The molecule has 0 radical (unpaired) electrons. The quantitative estimate of drug-likeness (QED) is 0.433. The molecule has 0 aliphatic heterocycles. The Kier molecular flexibility index (Phi) is 1.53. The first-order valence-corrected chi connectivity index (χ1v) is 2.70. The summed E-state index contributed by atoms with van der Waals surface area (Å²) in [5.41, 5.74) is 0. The average molecular weight is 124 g/mol. The molecule has 0 spiro atoms. The van der Waals surface area contributed by atoms with E-state index in [0.29, 0.717) is 5.82 Å². The number of nitrogens with zero attached hydrogens (tertiary/aromatic N) is 1. The zero-order chi connectivity index (χ0) is 6.69. The summed E-state index contributed by atoms with van der Waals surface area (Å²) in [5, 5.41) is 13.5. The molecule has 0 atom stereocenters. The van der Waals surface area contributed by atoms with E-state index >= 15 is 0 Å². The molecule has 1 N–H and O–H groups in total. The van der Waals surface area contributed by atoms with Gasteiger partial charge >= 0.3 is 0 Å². The van der Waals surface area contributed by atoms with Gasteiger partial charge in [0.2, 0.25) is 0 Å². The van der Waals surface area contributed by atoms with Crippen molar-refractivity contribution in [2.24, 2.45) is 0 Å². The molecule has 1 aromatic rings. The van der Waals surface area contributed by atoms with Gasteiger partial charge in [0.15, 0.2) is 0 Å². The fourth-order valence-electron chi connectivity index (χ4n) is 0.622. The number of rotatable bonds is 1. The van der Waals surface area contributed by atoms with Crippen molar-refractivity contribution < 1.29 is 4.73 Å². The number of aromatic nitrogens is 1. The van der Waals surface area contributed by atoms with Crippen LogP contribution in [0, 0.1) is 5.21 Å². The molecule has 1 rings (SSSR count). The predicted molar refractivity (Wildman–Crippen MR) is 34.9 cm³/mol. The Morgan fingerprint density at radius 3 is 2.78 bits per heavy atom. The van der Waals surface area contributed by atoms with E-state index in [0.717, 1.165) is 4.73 Å². The van der Waals surface area contributed by atoms with E-state index in [1.54, 1.807) is 25.2 Å². The molecular weight excluding hydrogens is 116 g/mol. The van der Waals surface area contributed by atoms with Gasteiger partial charge in [0, 0.05) is 6.07 Å². The summed E-state index contributed by atoms with van der Waals surface area (Å²) < 4.78 is 0.778. The highest BCUT2D eigenvalue weighted by Gasteiger charge is 1.93. The smallest absolute Gasteiger partial charge is 0.277 e. The monoisotopic (exact) mass is 124 g/mol. The van der Waals surface area contributed by atoms with Gasteiger partial charge in [0.1, 0.15) is 0 Å². The van der Waals surface area contributed by atoms with Gasteiger partial charge < -0.3 is 5.21 Å². The minimum atomic E-state index is 0.567. The molecular formula is C6H8N2O. The first-order chi connectivity index (χ1) is 4.34. The summed E-state index contributed by atoms with van der Waals surface area (Å²) in [6, 6.07) is 5.21. The van der Waals surface area contributed by atoms with Crippen molar-refractivity contribution in [2.45, 2.75) is 0 Å². The van der Waals surface area contributed by atoms with Crippen molar-refractivity contribution in [3.05, 3.63) is 29.6 Å². The molecule has 0 bridgehead atoms. The molecule has 1 aromatic heterocycles. The summed E-state index contributed by atoms with van der Waals surface area (Å²) in [6.45, 7) is 0. The van der Waals surface area contributed by atoms with Crippen LogP contribution in [0.3, 0.4) is 0 Å². The molecule has 0 unspecified atom stereocenters. The summed E-state index contributed by atoms with van der Waals surface area (Å²) in [4.78, 5) is 0. The SMILES string of the molecule is CNc1cccc[n+]1[O-]. The van der Waals surface area contributed by atoms with Gasteiger partial charge in [-0.2, -0.15) is 0 Å². The summed E-state index contributed by atoms with van der Waals surface area (Å²) in [5.74, 6) is 0.567. The lowest BCUT2D eigenvalue weighted by molar-refractivity contribution is -0.590. The zero-order valence-corrected chi connectivity index (χ0v) is 5.16. The largest absolute Gasteiger partial charge is 0.711 e. The van der Waals surface area contributed by atoms with Crippen molar-refractivity contribution in [2.75, 3.05) is 12.4 Å². The van der Waals surface area contributed by atoms with Crippen LogP contribution in [0.4, 0.5) is 5.82 Å². The van der Waals surface area contributed by atoms with Crippen LogP contribution in [0.15, 0.2) is 24.4 Å². The molecule has 9 heavy (non-hydrogen) atoms. The van der Waals surface area contributed by atoms with Gasteiger partial charge in [0.05, 0.1) is 13.2 Å². The topological polar surface area (TPSA) is 39.0 Å². The normalized spacial score (nSPS) is 9.00. The maximum atomic E-state index is 10.7. The van der Waals surface area contributed by atoms with Crippen molar-refractivity contribution in [3.63, 3.8) is 0 Å². The number of hydrogen-bond acceptors (Lipinski definition) is 2. The maximum absolute atomic E-state index is 10.7. The Morgan fingerprint density at radius 2 is 2.33 bits per heavy atom. The molecule has 0 aliphatic carbocycles. The van der Waals surface area contributed by atoms with E-state index in [1.165, 1.54) is 6.20 Å². The summed E-state index contributed by atoms with van der Waals surface area (Å²) in [7, 11) is 1.71. The van der Waals surface area contributed by atoms with Crippen LogP contribution >= 0.6 is 0 Å². The van der Waals surface area contributed by atoms with E-state index < -0.39 is 0 Å². The highest BCUT2D eigenvalue weighted by molar-refractivity contribution is 5.25. The number of pyridine rings is 1. The van der Waals surface area contributed by atoms with Gasteiger partial charge in [-0.25, -0.2) is 4.73 Å². The van der Waals surface area contributed by atoms with Crippen LogP contribution in [0.25, 0.3) is 0 Å². The fraction of sp³-hybridized carbons (Fsp3) is 0.167. The lowest BCUT2D eigenvalue weighted by atomic mass is 10.5. The van der Waals surface area contributed by atoms with Gasteiger partial charge in [-0.05, 0) is 6.07 Å². The Morgan fingerprint density at radius 1 is 1.56 bits per heavy atom. The molecule has 0 amide bonds. The molecule has 0 aromatic carbocycles. The van der Waals surface area contributed by atoms with E-state index in [-0.39, 0.29) is 0 Å². The Labute approximate surface area is 53.5 Å². The zero-order valence-electron chi connectivity index (χ0n) is 5.16. The average Bonchev–Trinajstić information content (AvgIpc) is 1.89. The molecule has 1 heterocycles. The lowest BCUT2D eigenvalue weighted by Gasteiger charge is -2.03. The van der Waals surface area contributed by atoms with E-state index in [9.17, 15) is 5.21 Å². The highest BCUT2D eigenvalue weighted by atomic mass is 16.5. The third kappa shape index (κ3) is 1.10. The van der Waals surface area contributed by atoms with E-state index in [1.807, 2.05) is 0 Å². The van der Waals surface area contributed by atoms with Crippen molar-refractivity contribution in [1.29, 1.82) is 0 Å². The second kappa shape index (κ2) is 2.35. The van der Waals surface area contributed by atoms with E-state index in [2.05, 4.69) is 5.32 Å². The number of nitrogens with one attached hydrogen (secondary N) is 1. The molecule has 48 valence electrons. The fourth-order valence-corrected chi connectivity index (χ4v) is 0.622. The van der Waals surface area contributed by atoms with Crippen LogP contribution in [0.5, 0.6) is 0 Å². The van der Waals surface area contributed by atoms with Crippen molar-refractivity contribution >= 4 is 5.82 Å². The summed E-state index contributed by atoms with van der Waals surface area (Å²) >= 11 is 0. The second-order valence-electron chi connectivity index (χ2n) is 1.66.